The molecule has 1 aromatic carbocycles. The molecule has 0 fully saturated rings. The highest BCUT2D eigenvalue weighted by Crippen LogP contribution is 2.23. The third-order valence-electron chi connectivity index (χ3n) is 4.00. The molecule has 8 heteroatoms. The van der Waals surface area contributed by atoms with E-state index in [1.807, 2.05) is 52.0 Å². The summed E-state index contributed by atoms with van der Waals surface area (Å²) in [6.07, 6.45) is 0. The SMILES string of the molecule is Cc1nc2nc(SC(C)C(=O)Nc3ccc(Br)cc3)nn2c(C)c1C. The maximum Gasteiger partial charge on any atom is 0.253 e. The van der Waals surface area contributed by atoms with Crippen LogP contribution in [0.1, 0.15) is 23.9 Å². The fraction of sp³-hybridized carbons (Fsp3) is 0.294. The molecule has 0 saturated heterocycles. The van der Waals surface area contributed by atoms with Crippen molar-refractivity contribution in [2.75, 3.05) is 5.32 Å². The van der Waals surface area contributed by atoms with E-state index in [9.17, 15) is 4.79 Å². The zero-order valence-corrected chi connectivity index (χ0v) is 16.8. The number of nitrogens with zero attached hydrogens (tertiary/aromatic N) is 4. The zero-order valence-electron chi connectivity index (χ0n) is 14.4. The number of rotatable bonds is 4. The van der Waals surface area contributed by atoms with Gasteiger partial charge in [0.25, 0.3) is 5.78 Å². The van der Waals surface area contributed by atoms with Crippen LogP contribution in [0.5, 0.6) is 0 Å². The van der Waals surface area contributed by atoms with Crippen molar-refractivity contribution in [1.82, 2.24) is 19.6 Å². The van der Waals surface area contributed by atoms with E-state index >= 15 is 0 Å². The van der Waals surface area contributed by atoms with Gasteiger partial charge >= 0.3 is 0 Å². The summed E-state index contributed by atoms with van der Waals surface area (Å²) in [5.74, 6) is 0.465. The van der Waals surface area contributed by atoms with Crippen molar-refractivity contribution in [2.24, 2.45) is 0 Å². The Morgan fingerprint density at radius 2 is 1.88 bits per heavy atom. The highest BCUT2D eigenvalue weighted by Gasteiger charge is 2.19. The molecule has 1 unspecified atom stereocenters. The normalized spacial score (nSPS) is 12.4. The number of amides is 1. The molecule has 0 aliphatic carbocycles. The lowest BCUT2D eigenvalue weighted by Crippen LogP contribution is -2.22. The Hall–Kier alpha value is -1.93. The molecule has 1 amide bonds. The summed E-state index contributed by atoms with van der Waals surface area (Å²) in [5, 5.41) is 7.58. The van der Waals surface area contributed by atoms with Crippen LogP contribution < -0.4 is 5.32 Å². The molecule has 6 nitrogen and oxygen atoms in total. The molecule has 0 bridgehead atoms. The molecule has 3 aromatic rings. The maximum absolute atomic E-state index is 12.4. The fourth-order valence-electron chi connectivity index (χ4n) is 2.28. The summed E-state index contributed by atoms with van der Waals surface area (Å²) in [6.45, 7) is 7.79. The summed E-state index contributed by atoms with van der Waals surface area (Å²) in [6, 6.07) is 7.47. The fourth-order valence-corrected chi connectivity index (χ4v) is 3.29. The second-order valence-corrected chi connectivity index (χ2v) is 7.99. The van der Waals surface area contributed by atoms with Gasteiger partial charge in [-0.15, -0.1) is 5.10 Å². The van der Waals surface area contributed by atoms with E-state index in [1.165, 1.54) is 11.8 Å². The van der Waals surface area contributed by atoms with Gasteiger partial charge in [0.2, 0.25) is 11.1 Å². The van der Waals surface area contributed by atoms with Crippen molar-refractivity contribution < 1.29 is 4.79 Å². The first-order valence-corrected chi connectivity index (χ1v) is 9.46. The number of carbonyl (C=O) groups is 1. The Labute approximate surface area is 158 Å². The minimum Gasteiger partial charge on any atom is -0.325 e. The number of nitrogens with one attached hydrogen (secondary N) is 1. The van der Waals surface area contributed by atoms with E-state index in [0.717, 1.165) is 27.1 Å². The van der Waals surface area contributed by atoms with Crippen LogP contribution in [-0.4, -0.2) is 30.7 Å². The molecular formula is C17H18BrN5OS. The lowest BCUT2D eigenvalue weighted by Gasteiger charge is -2.10. The van der Waals surface area contributed by atoms with Gasteiger partial charge < -0.3 is 5.32 Å². The first-order chi connectivity index (χ1) is 11.8. The van der Waals surface area contributed by atoms with E-state index in [0.29, 0.717) is 10.9 Å². The zero-order chi connectivity index (χ0) is 18.1. The van der Waals surface area contributed by atoms with Crippen LogP contribution >= 0.6 is 27.7 Å². The number of fused-ring (bicyclic) bond motifs is 1. The average Bonchev–Trinajstić information content (AvgIpc) is 2.97. The molecule has 0 aliphatic rings. The molecule has 1 N–H and O–H groups in total. The number of aromatic nitrogens is 4. The monoisotopic (exact) mass is 419 g/mol. The Balaban J connectivity index is 1.75. The molecule has 2 heterocycles. The lowest BCUT2D eigenvalue weighted by atomic mass is 10.2. The molecule has 130 valence electrons. The molecule has 1 atom stereocenters. The molecule has 25 heavy (non-hydrogen) atoms. The third kappa shape index (κ3) is 3.85. The van der Waals surface area contributed by atoms with Crippen LogP contribution in [0.4, 0.5) is 5.69 Å². The van der Waals surface area contributed by atoms with E-state index in [4.69, 9.17) is 0 Å². The summed E-state index contributed by atoms with van der Waals surface area (Å²) >= 11 is 4.69. The third-order valence-corrected chi connectivity index (χ3v) is 5.48. The largest absolute Gasteiger partial charge is 0.325 e. The minimum atomic E-state index is -0.330. The van der Waals surface area contributed by atoms with Gasteiger partial charge in [0.1, 0.15) is 0 Å². The first-order valence-electron chi connectivity index (χ1n) is 7.79. The van der Waals surface area contributed by atoms with Crippen LogP contribution in [-0.2, 0) is 4.79 Å². The van der Waals surface area contributed by atoms with E-state index in [-0.39, 0.29) is 11.2 Å². The van der Waals surface area contributed by atoms with Crippen molar-refractivity contribution in [3.8, 4) is 0 Å². The molecule has 0 aliphatic heterocycles. The number of thioether (sulfide) groups is 1. The number of hydrogen-bond acceptors (Lipinski definition) is 5. The first kappa shape index (κ1) is 17.9. The van der Waals surface area contributed by atoms with Crippen molar-refractivity contribution in [3.63, 3.8) is 0 Å². The van der Waals surface area contributed by atoms with Gasteiger partial charge in [0.05, 0.1) is 5.25 Å². The number of hydrogen-bond donors (Lipinski definition) is 1. The molecule has 2 aromatic heterocycles. The Morgan fingerprint density at radius 1 is 1.20 bits per heavy atom. The van der Waals surface area contributed by atoms with Crippen LogP contribution in [0.25, 0.3) is 5.78 Å². The van der Waals surface area contributed by atoms with Crippen molar-refractivity contribution in [3.05, 3.63) is 45.7 Å². The van der Waals surface area contributed by atoms with Gasteiger partial charge in [0, 0.05) is 21.5 Å². The Morgan fingerprint density at radius 3 is 2.56 bits per heavy atom. The molecule has 0 radical (unpaired) electrons. The van der Waals surface area contributed by atoms with Crippen LogP contribution in [0.2, 0.25) is 0 Å². The van der Waals surface area contributed by atoms with E-state index < -0.39 is 0 Å². The van der Waals surface area contributed by atoms with Gasteiger partial charge in [-0.3, -0.25) is 4.79 Å². The summed E-state index contributed by atoms with van der Waals surface area (Å²) in [7, 11) is 0. The Kier molecular flexibility index (Phi) is 5.10. The second kappa shape index (κ2) is 7.13. The number of carbonyl (C=O) groups excluding carboxylic acids is 1. The maximum atomic E-state index is 12.4. The molecule has 3 rings (SSSR count). The molecule has 0 spiro atoms. The van der Waals surface area contributed by atoms with E-state index in [1.54, 1.807) is 4.52 Å². The van der Waals surface area contributed by atoms with Crippen molar-refractivity contribution in [1.29, 1.82) is 0 Å². The Bertz CT molecular complexity index is 938. The minimum absolute atomic E-state index is 0.0942. The van der Waals surface area contributed by atoms with Gasteiger partial charge in [-0.25, -0.2) is 9.50 Å². The van der Waals surface area contributed by atoms with Crippen molar-refractivity contribution >= 4 is 45.1 Å². The average molecular weight is 420 g/mol. The van der Waals surface area contributed by atoms with E-state index in [2.05, 4.69) is 36.3 Å². The summed E-state index contributed by atoms with van der Waals surface area (Å²) in [5.41, 5.74) is 3.80. The van der Waals surface area contributed by atoms with Crippen LogP contribution in [0.3, 0.4) is 0 Å². The van der Waals surface area contributed by atoms with Crippen molar-refractivity contribution in [2.45, 2.75) is 38.1 Å². The quantitative estimate of drug-likeness (QED) is 0.648. The predicted octanol–water partition coefficient (Wildman–Crippen LogP) is 3.93. The summed E-state index contributed by atoms with van der Waals surface area (Å²) in [4.78, 5) is 21.3. The van der Waals surface area contributed by atoms with Gasteiger partial charge in [-0.2, -0.15) is 4.98 Å². The number of benzene rings is 1. The van der Waals surface area contributed by atoms with Crippen LogP contribution in [0.15, 0.2) is 33.9 Å². The van der Waals surface area contributed by atoms with Gasteiger partial charge in [-0.05, 0) is 57.5 Å². The molecule has 0 saturated carbocycles. The summed E-state index contributed by atoms with van der Waals surface area (Å²) < 4.78 is 2.69. The number of halogens is 1. The predicted molar refractivity (Wildman–Crippen MR) is 103 cm³/mol. The smallest absolute Gasteiger partial charge is 0.253 e. The highest BCUT2D eigenvalue weighted by atomic mass is 79.9. The van der Waals surface area contributed by atoms with Gasteiger partial charge in [-0.1, -0.05) is 27.7 Å². The van der Waals surface area contributed by atoms with Crippen LogP contribution in [0, 0.1) is 20.8 Å². The van der Waals surface area contributed by atoms with Gasteiger partial charge in [0.15, 0.2) is 0 Å². The molecular weight excluding hydrogens is 402 g/mol. The number of aryl methyl sites for hydroxylation is 2. The standard InChI is InChI=1S/C17H18BrN5OS/c1-9-10(2)19-16-21-17(22-23(16)11(9)3)25-12(4)15(24)20-14-7-5-13(18)6-8-14/h5-8,12H,1-4H3,(H,20,24). The number of anilines is 1. The lowest BCUT2D eigenvalue weighted by molar-refractivity contribution is -0.115. The highest BCUT2D eigenvalue weighted by molar-refractivity contribution is 9.10. The topological polar surface area (TPSA) is 72.2 Å². The second-order valence-electron chi connectivity index (χ2n) is 5.77.